The fourth-order valence-corrected chi connectivity index (χ4v) is 2.30. The first kappa shape index (κ1) is 13.9. The molecule has 0 aromatic rings. The van der Waals surface area contributed by atoms with Gasteiger partial charge in [-0.15, -0.1) is 0 Å². The molecule has 0 radical (unpaired) electrons. The molecule has 4 nitrogen and oxygen atoms in total. The summed E-state index contributed by atoms with van der Waals surface area (Å²) in [7, 11) is 0.491. The van der Waals surface area contributed by atoms with Gasteiger partial charge in [0.05, 0.1) is 18.1 Å². The highest BCUT2D eigenvalue weighted by Gasteiger charge is 2.10. The van der Waals surface area contributed by atoms with Crippen LogP contribution in [-0.2, 0) is 14.6 Å². The van der Waals surface area contributed by atoms with Crippen molar-refractivity contribution in [1.29, 1.82) is 0 Å². The molecule has 0 aromatic heterocycles. The van der Waals surface area contributed by atoms with Crippen LogP contribution in [0.3, 0.4) is 0 Å². The van der Waals surface area contributed by atoms with Gasteiger partial charge in [-0.3, -0.25) is 0 Å². The van der Waals surface area contributed by atoms with Crippen LogP contribution >= 0.6 is 0 Å². The molecule has 0 aliphatic heterocycles. The lowest BCUT2D eigenvalue weighted by Crippen LogP contribution is -2.22. The van der Waals surface area contributed by atoms with E-state index in [0.717, 1.165) is 6.42 Å². The van der Waals surface area contributed by atoms with Gasteiger partial charge < -0.3 is 10.1 Å². The molecule has 14 heavy (non-hydrogen) atoms. The number of hydrogen-bond donors (Lipinski definition) is 1. The van der Waals surface area contributed by atoms with Crippen LogP contribution in [0.15, 0.2) is 0 Å². The van der Waals surface area contributed by atoms with E-state index < -0.39 is 9.84 Å². The highest BCUT2D eigenvalue weighted by molar-refractivity contribution is 7.91. The Morgan fingerprint density at radius 3 is 2.50 bits per heavy atom. The Morgan fingerprint density at radius 1 is 1.36 bits per heavy atom. The number of methoxy groups -OCH3 is 1. The smallest absolute Gasteiger partial charge is 0.152 e. The van der Waals surface area contributed by atoms with E-state index in [-0.39, 0.29) is 11.5 Å². The highest BCUT2D eigenvalue weighted by atomic mass is 32.2. The summed E-state index contributed by atoms with van der Waals surface area (Å²) >= 11 is 0. The standard InChI is InChI=1S/C9H21NO3S/c1-9(10-2)5-4-7-14(11,12)8-6-13-3/h9-10H,4-8H2,1-3H3. The van der Waals surface area contributed by atoms with E-state index in [0.29, 0.717) is 19.1 Å². The maximum absolute atomic E-state index is 11.4. The van der Waals surface area contributed by atoms with Crippen LogP contribution in [0.2, 0.25) is 0 Å². The molecule has 0 spiro atoms. The molecule has 86 valence electrons. The normalized spacial score (nSPS) is 14.2. The molecule has 5 heteroatoms. The predicted molar refractivity (Wildman–Crippen MR) is 58.3 cm³/mol. The Kier molecular flexibility index (Phi) is 7.13. The molecule has 0 saturated carbocycles. The lowest BCUT2D eigenvalue weighted by Gasteiger charge is -2.09. The van der Waals surface area contributed by atoms with Gasteiger partial charge >= 0.3 is 0 Å². The van der Waals surface area contributed by atoms with E-state index in [1.165, 1.54) is 7.11 Å². The summed E-state index contributed by atoms with van der Waals surface area (Å²) in [6.07, 6.45) is 1.61. The first-order chi connectivity index (χ1) is 6.52. The van der Waals surface area contributed by atoms with Gasteiger partial charge in [0.25, 0.3) is 0 Å². The second-order valence-corrected chi connectivity index (χ2v) is 5.78. The third-order valence-electron chi connectivity index (χ3n) is 2.18. The summed E-state index contributed by atoms with van der Waals surface area (Å²) in [5.74, 6) is 0.403. The maximum Gasteiger partial charge on any atom is 0.152 e. The van der Waals surface area contributed by atoms with Crippen molar-refractivity contribution in [2.75, 3.05) is 32.3 Å². The Bertz CT molecular complexity index is 226. The molecule has 0 aliphatic carbocycles. The first-order valence-electron chi connectivity index (χ1n) is 4.88. The van der Waals surface area contributed by atoms with E-state index in [4.69, 9.17) is 4.74 Å². The van der Waals surface area contributed by atoms with Crippen molar-refractivity contribution < 1.29 is 13.2 Å². The molecule has 0 fully saturated rings. The molecule has 1 atom stereocenters. The van der Waals surface area contributed by atoms with Gasteiger partial charge in [0.2, 0.25) is 0 Å². The van der Waals surface area contributed by atoms with Crippen LogP contribution in [0.5, 0.6) is 0 Å². The van der Waals surface area contributed by atoms with E-state index in [1.54, 1.807) is 0 Å². The summed E-state index contributed by atoms with van der Waals surface area (Å²) in [6.45, 7) is 2.34. The van der Waals surface area contributed by atoms with Crippen molar-refractivity contribution >= 4 is 9.84 Å². The number of nitrogens with one attached hydrogen (secondary N) is 1. The van der Waals surface area contributed by atoms with Gasteiger partial charge in [-0.05, 0) is 26.8 Å². The van der Waals surface area contributed by atoms with Gasteiger partial charge in [0, 0.05) is 13.2 Å². The SMILES string of the molecule is CNC(C)CCCS(=O)(=O)CCOC. The van der Waals surface area contributed by atoms with Gasteiger partial charge in [-0.25, -0.2) is 8.42 Å². The lowest BCUT2D eigenvalue weighted by atomic mass is 10.2. The molecule has 0 aromatic carbocycles. The van der Waals surface area contributed by atoms with Crippen LogP contribution in [0.25, 0.3) is 0 Å². The van der Waals surface area contributed by atoms with E-state index >= 15 is 0 Å². The summed E-state index contributed by atoms with van der Waals surface area (Å²) in [6, 6.07) is 0.382. The zero-order chi connectivity index (χ0) is 11.0. The molecule has 0 aliphatic rings. The fourth-order valence-electron chi connectivity index (χ4n) is 1.07. The Labute approximate surface area is 86.9 Å². The minimum atomic E-state index is -2.90. The van der Waals surface area contributed by atoms with E-state index in [9.17, 15) is 8.42 Å². The second-order valence-electron chi connectivity index (χ2n) is 3.48. The monoisotopic (exact) mass is 223 g/mol. The van der Waals surface area contributed by atoms with Gasteiger partial charge in [-0.1, -0.05) is 0 Å². The molecule has 0 heterocycles. The molecular formula is C9H21NO3S. The van der Waals surface area contributed by atoms with Crippen molar-refractivity contribution in [3.05, 3.63) is 0 Å². The van der Waals surface area contributed by atoms with Crippen LogP contribution in [-0.4, -0.2) is 46.7 Å². The fraction of sp³-hybridized carbons (Fsp3) is 1.00. The zero-order valence-corrected chi connectivity index (χ0v) is 10.1. The molecule has 1 unspecified atom stereocenters. The molecule has 0 bridgehead atoms. The minimum absolute atomic E-state index is 0.136. The van der Waals surface area contributed by atoms with Crippen LogP contribution < -0.4 is 5.32 Å². The van der Waals surface area contributed by atoms with Crippen LogP contribution in [0.1, 0.15) is 19.8 Å². The molecule has 0 rings (SSSR count). The number of ether oxygens (including phenoxy) is 1. The number of rotatable bonds is 8. The van der Waals surface area contributed by atoms with E-state index in [2.05, 4.69) is 5.32 Å². The van der Waals surface area contributed by atoms with Crippen molar-refractivity contribution in [3.63, 3.8) is 0 Å². The second kappa shape index (κ2) is 7.20. The van der Waals surface area contributed by atoms with Crippen LogP contribution in [0.4, 0.5) is 0 Å². The van der Waals surface area contributed by atoms with Crippen molar-refractivity contribution in [2.45, 2.75) is 25.8 Å². The highest BCUT2D eigenvalue weighted by Crippen LogP contribution is 2.00. The maximum atomic E-state index is 11.4. The third kappa shape index (κ3) is 7.29. The third-order valence-corrected chi connectivity index (χ3v) is 3.88. The molecule has 1 N–H and O–H groups in total. The predicted octanol–water partition coefficient (Wildman–Crippen LogP) is 0.436. The Morgan fingerprint density at radius 2 is 2.00 bits per heavy atom. The number of sulfone groups is 1. The summed E-state index contributed by atoms with van der Waals surface area (Å²) < 4.78 is 27.5. The van der Waals surface area contributed by atoms with E-state index in [1.807, 2.05) is 14.0 Å². The molecular weight excluding hydrogens is 202 g/mol. The number of hydrogen-bond acceptors (Lipinski definition) is 4. The summed E-state index contributed by atoms with van der Waals surface area (Å²) in [5.41, 5.74) is 0. The topological polar surface area (TPSA) is 55.4 Å². The minimum Gasteiger partial charge on any atom is -0.384 e. The van der Waals surface area contributed by atoms with Gasteiger partial charge in [0.15, 0.2) is 9.84 Å². The molecule has 0 amide bonds. The van der Waals surface area contributed by atoms with Crippen molar-refractivity contribution in [1.82, 2.24) is 5.32 Å². The first-order valence-corrected chi connectivity index (χ1v) is 6.70. The largest absolute Gasteiger partial charge is 0.384 e. The Balaban J connectivity index is 3.66. The van der Waals surface area contributed by atoms with Crippen molar-refractivity contribution in [2.24, 2.45) is 0 Å². The molecule has 0 saturated heterocycles. The average molecular weight is 223 g/mol. The zero-order valence-electron chi connectivity index (χ0n) is 9.25. The summed E-state index contributed by atoms with van der Waals surface area (Å²) in [5, 5.41) is 3.07. The lowest BCUT2D eigenvalue weighted by molar-refractivity contribution is 0.217. The summed E-state index contributed by atoms with van der Waals surface area (Å²) in [4.78, 5) is 0. The van der Waals surface area contributed by atoms with Gasteiger partial charge in [-0.2, -0.15) is 0 Å². The Hall–Kier alpha value is -0.130. The van der Waals surface area contributed by atoms with Gasteiger partial charge in [0.1, 0.15) is 0 Å². The van der Waals surface area contributed by atoms with Crippen molar-refractivity contribution in [3.8, 4) is 0 Å². The van der Waals surface area contributed by atoms with Crippen LogP contribution in [0, 0.1) is 0 Å². The quantitative estimate of drug-likeness (QED) is 0.648. The average Bonchev–Trinajstić information content (AvgIpc) is 2.14.